The molecule has 1 N–H and O–H groups in total. The molecule has 2 aromatic rings. The number of aryl methyl sites for hydroxylation is 2. The van der Waals surface area contributed by atoms with Crippen molar-refractivity contribution in [2.75, 3.05) is 6.54 Å². The van der Waals surface area contributed by atoms with Gasteiger partial charge in [0.1, 0.15) is 5.76 Å². The van der Waals surface area contributed by atoms with Gasteiger partial charge in [0.15, 0.2) is 0 Å². The van der Waals surface area contributed by atoms with E-state index in [0.717, 1.165) is 31.6 Å². The summed E-state index contributed by atoms with van der Waals surface area (Å²) in [6.07, 6.45) is 5.13. The van der Waals surface area contributed by atoms with E-state index in [-0.39, 0.29) is 0 Å². The third-order valence-corrected chi connectivity index (χ3v) is 3.89. The summed E-state index contributed by atoms with van der Waals surface area (Å²) < 4.78 is 5.63. The van der Waals surface area contributed by atoms with Gasteiger partial charge in [0.2, 0.25) is 0 Å². The molecule has 98 valence electrons. The van der Waals surface area contributed by atoms with Gasteiger partial charge in [-0.15, -0.1) is 0 Å². The first-order chi connectivity index (χ1) is 8.81. The molecule has 0 fully saturated rings. The summed E-state index contributed by atoms with van der Waals surface area (Å²) in [7, 11) is 0. The summed E-state index contributed by atoms with van der Waals surface area (Å²) in [6, 6.07) is 4.58. The molecule has 0 spiro atoms. The Balaban J connectivity index is 1.99. The molecule has 0 bridgehead atoms. The van der Waals surface area contributed by atoms with E-state index in [1.165, 1.54) is 11.1 Å². The largest absolute Gasteiger partial charge is 0.467 e. The Labute approximate surface area is 113 Å². The maximum Gasteiger partial charge on any atom is 0.123 e. The van der Waals surface area contributed by atoms with Crippen molar-refractivity contribution in [2.24, 2.45) is 0 Å². The predicted molar refractivity (Wildman–Crippen MR) is 77.1 cm³/mol. The van der Waals surface area contributed by atoms with Gasteiger partial charge in [-0.05, 0) is 66.8 Å². The van der Waals surface area contributed by atoms with Gasteiger partial charge in [-0.3, -0.25) is 0 Å². The Morgan fingerprint density at radius 2 is 2.28 bits per heavy atom. The predicted octanol–water partition coefficient (Wildman–Crippen LogP) is 4.32. The Bertz CT molecular complexity index is 447. The van der Waals surface area contributed by atoms with Crippen LogP contribution in [0.1, 0.15) is 42.7 Å². The van der Waals surface area contributed by atoms with Gasteiger partial charge < -0.3 is 9.73 Å². The minimum Gasteiger partial charge on any atom is -0.467 e. The van der Waals surface area contributed by atoms with Crippen LogP contribution in [0.15, 0.2) is 33.6 Å². The Hall–Kier alpha value is -1.06. The second-order valence-electron chi connectivity index (χ2n) is 4.64. The standard InChI is InChI=1S/C15H21NOS/c1-3-8-16-14(15-12(2)6-9-17-15)5-4-13-7-10-18-11-13/h6-7,9-11,14,16H,3-5,8H2,1-2H3. The van der Waals surface area contributed by atoms with E-state index in [1.807, 2.05) is 6.07 Å². The van der Waals surface area contributed by atoms with Crippen molar-refractivity contribution in [1.29, 1.82) is 0 Å². The summed E-state index contributed by atoms with van der Waals surface area (Å²) in [4.78, 5) is 0. The molecule has 0 aromatic carbocycles. The summed E-state index contributed by atoms with van der Waals surface area (Å²) in [5.41, 5.74) is 2.67. The average molecular weight is 263 g/mol. The fraction of sp³-hybridized carbons (Fsp3) is 0.467. The van der Waals surface area contributed by atoms with Crippen LogP contribution < -0.4 is 5.32 Å². The van der Waals surface area contributed by atoms with Crippen molar-refractivity contribution in [3.05, 3.63) is 46.0 Å². The molecule has 0 aliphatic carbocycles. The van der Waals surface area contributed by atoms with E-state index in [4.69, 9.17) is 4.42 Å². The lowest BCUT2D eigenvalue weighted by atomic mass is 10.0. The zero-order valence-corrected chi connectivity index (χ0v) is 11.9. The number of rotatable bonds is 7. The van der Waals surface area contributed by atoms with Crippen molar-refractivity contribution >= 4 is 11.3 Å². The Morgan fingerprint density at radius 1 is 1.39 bits per heavy atom. The highest BCUT2D eigenvalue weighted by atomic mass is 32.1. The van der Waals surface area contributed by atoms with E-state index in [0.29, 0.717) is 6.04 Å². The molecule has 2 heterocycles. The van der Waals surface area contributed by atoms with Gasteiger partial charge in [-0.1, -0.05) is 6.92 Å². The summed E-state index contributed by atoms with van der Waals surface area (Å²) >= 11 is 1.77. The first-order valence-electron chi connectivity index (χ1n) is 6.59. The van der Waals surface area contributed by atoms with Crippen LogP contribution in [0.5, 0.6) is 0 Å². The van der Waals surface area contributed by atoms with Crippen LogP contribution in [-0.2, 0) is 6.42 Å². The van der Waals surface area contributed by atoms with Gasteiger partial charge in [0.05, 0.1) is 12.3 Å². The molecular weight excluding hydrogens is 242 g/mol. The fourth-order valence-corrected chi connectivity index (χ4v) is 2.83. The van der Waals surface area contributed by atoms with Crippen LogP contribution in [0.2, 0.25) is 0 Å². The van der Waals surface area contributed by atoms with E-state index >= 15 is 0 Å². The maximum atomic E-state index is 5.63. The lowest BCUT2D eigenvalue weighted by Crippen LogP contribution is -2.22. The first kappa shape index (κ1) is 13.4. The lowest BCUT2D eigenvalue weighted by Gasteiger charge is -2.17. The molecule has 0 aliphatic heterocycles. The summed E-state index contributed by atoms with van der Waals surface area (Å²) in [5.74, 6) is 1.10. The molecule has 1 atom stereocenters. The van der Waals surface area contributed by atoms with Crippen LogP contribution in [-0.4, -0.2) is 6.54 Å². The molecule has 0 saturated heterocycles. The van der Waals surface area contributed by atoms with Crippen molar-refractivity contribution in [2.45, 2.75) is 39.2 Å². The van der Waals surface area contributed by atoms with E-state index in [2.05, 4.69) is 36.0 Å². The van der Waals surface area contributed by atoms with Crippen molar-refractivity contribution in [3.8, 4) is 0 Å². The molecule has 3 heteroatoms. The van der Waals surface area contributed by atoms with Gasteiger partial charge in [0, 0.05) is 0 Å². The van der Waals surface area contributed by atoms with Gasteiger partial charge in [-0.2, -0.15) is 11.3 Å². The number of hydrogen-bond donors (Lipinski definition) is 1. The molecular formula is C15H21NOS. The highest BCUT2D eigenvalue weighted by Crippen LogP contribution is 2.24. The van der Waals surface area contributed by atoms with E-state index < -0.39 is 0 Å². The fourth-order valence-electron chi connectivity index (χ4n) is 2.13. The van der Waals surface area contributed by atoms with Gasteiger partial charge in [0.25, 0.3) is 0 Å². The monoisotopic (exact) mass is 263 g/mol. The van der Waals surface area contributed by atoms with Crippen LogP contribution >= 0.6 is 11.3 Å². The lowest BCUT2D eigenvalue weighted by molar-refractivity contribution is 0.393. The topological polar surface area (TPSA) is 25.2 Å². The summed E-state index contributed by atoms with van der Waals surface area (Å²) in [6.45, 7) is 5.34. The maximum absolute atomic E-state index is 5.63. The SMILES string of the molecule is CCCNC(CCc1ccsc1)c1occc1C. The number of thiophene rings is 1. The van der Waals surface area contributed by atoms with Gasteiger partial charge in [-0.25, -0.2) is 0 Å². The van der Waals surface area contributed by atoms with Crippen LogP contribution in [0, 0.1) is 6.92 Å². The molecule has 2 nitrogen and oxygen atoms in total. The van der Waals surface area contributed by atoms with Crippen molar-refractivity contribution < 1.29 is 4.42 Å². The molecule has 18 heavy (non-hydrogen) atoms. The molecule has 0 amide bonds. The number of furan rings is 1. The van der Waals surface area contributed by atoms with Crippen LogP contribution in [0.25, 0.3) is 0 Å². The van der Waals surface area contributed by atoms with Crippen molar-refractivity contribution in [1.82, 2.24) is 5.32 Å². The first-order valence-corrected chi connectivity index (χ1v) is 7.54. The van der Waals surface area contributed by atoms with E-state index in [1.54, 1.807) is 17.6 Å². The molecule has 0 radical (unpaired) electrons. The van der Waals surface area contributed by atoms with Crippen LogP contribution in [0.3, 0.4) is 0 Å². The normalized spacial score (nSPS) is 12.8. The minimum atomic E-state index is 0.333. The Morgan fingerprint density at radius 3 is 2.89 bits per heavy atom. The highest BCUT2D eigenvalue weighted by Gasteiger charge is 2.16. The smallest absolute Gasteiger partial charge is 0.123 e. The number of hydrogen-bond acceptors (Lipinski definition) is 3. The van der Waals surface area contributed by atoms with Crippen LogP contribution in [0.4, 0.5) is 0 Å². The molecule has 0 aliphatic rings. The third kappa shape index (κ3) is 3.47. The molecule has 0 saturated carbocycles. The third-order valence-electron chi connectivity index (χ3n) is 3.16. The number of nitrogens with one attached hydrogen (secondary N) is 1. The van der Waals surface area contributed by atoms with E-state index in [9.17, 15) is 0 Å². The molecule has 2 rings (SSSR count). The van der Waals surface area contributed by atoms with Gasteiger partial charge >= 0.3 is 0 Å². The summed E-state index contributed by atoms with van der Waals surface area (Å²) in [5, 5.41) is 7.95. The quantitative estimate of drug-likeness (QED) is 0.804. The molecule has 2 aromatic heterocycles. The molecule has 1 unspecified atom stereocenters. The second-order valence-corrected chi connectivity index (χ2v) is 5.42. The minimum absolute atomic E-state index is 0.333. The highest BCUT2D eigenvalue weighted by molar-refractivity contribution is 7.07. The second kappa shape index (κ2) is 6.76. The zero-order chi connectivity index (χ0) is 12.8. The van der Waals surface area contributed by atoms with Crippen molar-refractivity contribution in [3.63, 3.8) is 0 Å². The Kier molecular flexibility index (Phi) is 5.02. The zero-order valence-electron chi connectivity index (χ0n) is 11.1. The average Bonchev–Trinajstić information content (AvgIpc) is 3.01.